The standard InChI is InChI=1S/C23H26N2O3/c1-15-19-13-22(28-3)21(27-2)12-16(19)10-11-25(15)23(26)9-8-17-14-24-20-7-5-4-6-18(17)20/h4-7,12-15,24H,8-11H2,1-3H3/t15-/m0/s1. The minimum atomic E-state index is 0.0269. The Bertz CT molecular complexity index is 1010. The number of hydrogen-bond donors (Lipinski definition) is 1. The third kappa shape index (κ3) is 3.21. The minimum absolute atomic E-state index is 0.0269. The molecule has 0 unspecified atom stereocenters. The van der Waals surface area contributed by atoms with Crippen molar-refractivity contribution in [2.75, 3.05) is 20.8 Å². The lowest BCUT2D eigenvalue weighted by Gasteiger charge is -2.36. The average molecular weight is 378 g/mol. The molecule has 0 bridgehead atoms. The number of nitrogens with zero attached hydrogens (tertiary/aromatic N) is 1. The highest BCUT2D eigenvalue weighted by atomic mass is 16.5. The molecule has 0 saturated heterocycles. The summed E-state index contributed by atoms with van der Waals surface area (Å²) in [6.07, 6.45) is 4.10. The Balaban J connectivity index is 1.50. The number of aromatic amines is 1. The molecule has 1 N–H and O–H groups in total. The number of carbonyl (C=O) groups excluding carboxylic acids is 1. The number of amides is 1. The normalized spacial score (nSPS) is 16.1. The van der Waals surface area contributed by atoms with Gasteiger partial charge in [0, 0.05) is 30.1 Å². The second-order valence-electron chi connectivity index (χ2n) is 7.28. The predicted molar refractivity (Wildman–Crippen MR) is 110 cm³/mol. The Hall–Kier alpha value is -2.95. The lowest BCUT2D eigenvalue weighted by molar-refractivity contribution is -0.133. The Morgan fingerprint density at radius 2 is 1.93 bits per heavy atom. The molecule has 0 radical (unpaired) electrons. The zero-order chi connectivity index (χ0) is 19.7. The molecule has 5 heteroatoms. The zero-order valence-corrected chi connectivity index (χ0v) is 16.6. The predicted octanol–water partition coefficient (Wildman–Crippen LogP) is 4.26. The SMILES string of the molecule is COc1cc2c(cc1OC)[C@H](C)N(C(=O)CCc1c[nH]c3ccccc13)CC2. The molecule has 28 heavy (non-hydrogen) atoms. The summed E-state index contributed by atoms with van der Waals surface area (Å²) >= 11 is 0. The van der Waals surface area contributed by atoms with Crippen LogP contribution in [0.3, 0.4) is 0 Å². The summed E-state index contributed by atoms with van der Waals surface area (Å²) in [4.78, 5) is 18.3. The van der Waals surface area contributed by atoms with Crippen molar-refractivity contribution < 1.29 is 14.3 Å². The van der Waals surface area contributed by atoms with E-state index in [9.17, 15) is 4.79 Å². The fraction of sp³-hybridized carbons (Fsp3) is 0.348. The first kappa shape index (κ1) is 18.4. The zero-order valence-electron chi connectivity index (χ0n) is 16.6. The van der Waals surface area contributed by atoms with Crippen molar-refractivity contribution in [1.29, 1.82) is 0 Å². The van der Waals surface area contributed by atoms with Gasteiger partial charge >= 0.3 is 0 Å². The fourth-order valence-corrected chi connectivity index (χ4v) is 4.21. The molecule has 2 heterocycles. The van der Waals surface area contributed by atoms with Crippen molar-refractivity contribution >= 4 is 16.8 Å². The van der Waals surface area contributed by atoms with Crippen LogP contribution in [0.5, 0.6) is 11.5 Å². The highest BCUT2D eigenvalue weighted by molar-refractivity contribution is 5.84. The fourth-order valence-electron chi connectivity index (χ4n) is 4.21. The third-order valence-corrected chi connectivity index (χ3v) is 5.79. The summed E-state index contributed by atoms with van der Waals surface area (Å²) in [5.41, 5.74) is 4.68. The monoisotopic (exact) mass is 378 g/mol. The van der Waals surface area contributed by atoms with Crippen molar-refractivity contribution in [3.8, 4) is 11.5 Å². The van der Waals surface area contributed by atoms with Gasteiger partial charge in [-0.1, -0.05) is 18.2 Å². The van der Waals surface area contributed by atoms with E-state index in [1.54, 1.807) is 14.2 Å². The van der Waals surface area contributed by atoms with E-state index in [0.29, 0.717) is 12.2 Å². The largest absolute Gasteiger partial charge is 0.493 e. The van der Waals surface area contributed by atoms with Gasteiger partial charge in [0.15, 0.2) is 11.5 Å². The number of benzene rings is 2. The molecule has 146 valence electrons. The molecule has 1 aliphatic heterocycles. The van der Waals surface area contributed by atoms with Crippen molar-refractivity contribution in [3.63, 3.8) is 0 Å². The van der Waals surface area contributed by atoms with E-state index in [2.05, 4.69) is 24.0 Å². The number of aryl methyl sites for hydroxylation is 1. The van der Waals surface area contributed by atoms with Crippen molar-refractivity contribution in [2.24, 2.45) is 0 Å². The molecule has 1 aliphatic rings. The Morgan fingerprint density at radius 3 is 2.71 bits per heavy atom. The van der Waals surface area contributed by atoms with Gasteiger partial charge < -0.3 is 19.4 Å². The first-order chi connectivity index (χ1) is 13.6. The summed E-state index contributed by atoms with van der Waals surface area (Å²) in [6, 6.07) is 12.3. The molecule has 0 spiro atoms. The molecule has 4 rings (SSSR count). The number of nitrogens with one attached hydrogen (secondary N) is 1. The van der Waals surface area contributed by atoms with Crippen LogP contribution in [-0.4, -0.2) is 36.6 Å². The summed E-state index contributed by atoms with van der Waals surface area (Å²) in [7, 11) is 3.29. The van der Waals surface area contributed by atoms with Gasteiger partial charge in [-0.3, -0.25) is 4.79 Å². The maximum atomic E-state index is 13.0. The highest BCUT2D eigenvalue weighted by Crippen LogP contribution is 2.38. The molecule has 5 nitrogen and oxygen atoms in total. The smallest absolute Gasteiger partial charge is 0.223 e. The average Bonchev–Trinajstić information content (AvgIpc) is 3.14. The second-order valence-corrected chi connectivity index (χ2v) is 7.28. The molecular formula is C23H26N2O3. The molecule has 0 aliphatic carbocycles. The van der Waals surface area contributed by atoms with Crippen molar-refractivity contribution in [2.45, 2.75) is 32.2 Å². The molecule has 1 amide bonds. The topological polar surface area (TPSA) is 54.6 Å². The van der Waals surface area contributed by atoms with E-state index in [-0.39, 0.29) is 11.9 Å². The van der Waals surface area contributed by atoms with Crippen LogP contribution in [-0.2, 0) is 17.6 Å². The van der Waals surface area contributed by atoms with Crippen LogP contribution in [0.4, 0.5) is 0 Å². The van der Waals surface area contributed by atoms with Gasteiger partial charge in [0.25, 0.3) is 0 Å². The maximum Gasteiger partial charge on any atom is 0.223 e. The Morgan fingerprint density at radius 1 is 1.18 bits per heavy atom. The van der Waals surface area contributed by atoms with Gasteiger partial charge in [-0.05, 0) is 54.7 Å². The van der Waals surface area contributed by atoms with Crippen LogP contribution >= 0.6 is 0 Å². The number of ether oxygens (including phenoxy) is 2. The molecule has 1 atom stereocenters. The molecule has 1 aromatic heterocycles. The van der Waals surface area contributed by atoms with Crippen LogP contribution in [0, 0.1) is 0 Å². The van der Waals surface area contributed by atoms with Gasteiger partial charge in [0.2, 0.25) is 5.91 Å². The van der Waals surface area contributed by atoms with Gasteiger partial charge in [0.1, 0.15) is 0 Å². The molecule has 0 saturated carbocycles. The van der Waals surface area contributed by atoms with Crippen LogP contribution in [0.2, 0.25) is 0 Å². The van der Waals surface area contributed by atoms with Crippen molar-refractivity contribution in [3.05, 3.63) is 59.3 Å². The number of rotatable bonds is 5. The van der Waals surface area contributed by atoms with Crippen LogP contribution in [0.25, 0.3) is 10.9 Å². The summed E-state index contributed by atoms with van der Waals surface area (Å²) < 4.78 is 10.9. The van der Waals surface area contributed by atoms with E-state index in [1.807, 2.05) is 35.4 Å². The highest BCUT2D eigenvalue weighted by Gasteiger charge is 2.29. The number of H-pyrrole nitrogens is 1. The van der Waals surface area contributed by atoms with Gasteiger partial charge in [-0.25, -0.2) is 0 Å². The summed E-state index contributed by atoms with van der Waals surface area (Å²) in [5.74, 6) is 1.65. The van der Waals surface area contributed by atoms with E-state index in [4.69, 9.17) is 9.47 Å². The van der Waals surface area contributed by atoms with E-state index < -0.39 is 0 Å². The number of para-hydroxylation sites is 1. The quantitative estimate of drug-likeness (QED) is 0.722. The first-order valence-corrected chi connectivity index (χ1v) is 9.71. The first-order valence-electron chi connectivity index (χ1n) is 9.71. The van der Waals surface area contributed by atoms with E-state index in [0.717, 1.165) is 36.2 Å². The Labute approximate surface area is 165 Å². The van der Waals surface area contributed by atoms with Crippen LogP contribution in [0.1, 0.15) is 36.1 Å². The molecule has 3 aromatic rings. The van der Waals surface area contributed by atoms with Crippen LogP contribution in [0.15, 0.2) is 42.6 Å². The molecule has 0 fully saturated rings. The molecule has 2 aromatic carbocycles. The maximum absolute atomic E-state index is 13.0. The number of hydrogen-bond acceptors (Lipinski definition) is 3. The van der Waals surface area contributed by atoms with Gasteiger partial charge in [0.05, 0.1) is 20.3 Å². The summed E-state index contributed by atoms with van der Waals surface area (Å²) in [6.45, 7) is 2.82. The third-order valence-electron chi connectivity index (χ3n) is 5.79. The minimum Gasteiger partial charge on any atom is -0.493 e. The van der Waals surface area contributed by atoms with Crippen molar-refractivity contribution in [1.82, 2.24) is 9.88 Å². The van der Waals surface area contributed by atoms with Gasteiger partial charge in [-0.15, -0.1) is 0 Å². The number of fused-ring (bicyclic) bond motifs is 2. The lowest BCUT2D eigenvalue weighted by atomic mass is 9.92. The summed E-state index contributed by atoms with van der Waals surface area (Å²) in [5, 5.41) is 1.20. The lowest BCUT2D eigenvalue weighted by Crippen LogP contribution is -2.39. The van der Waals surface area contributed by atoms with Gasteiger partial charge in [-0.2, -0.15) is 0 Å². The van der Waals surface area contributed by atoms with Crippen LogP contribution < -0.4 is 9.47 Å². The molecular weight excluding hydrogens is 352 g/mol. The number of aromatic nitrogens is 1. The number of methoxy groups -OCH3 is 2. The second kappa shape index (κ2) is 7.58. The van der Waals surface area contributed by atoms with E-state index >= 15 is 0 Å². The number of carbonyl (C=O) groups is 1. The van der Waals surface area contributed by atoms with E-state index in [1.165, 1.54) is 16.5 Å². The Kier molecular flexibility index (Phi) is 4.99.